The number of halogens is 2. The molecule has 1 aromatic rings. The molecule has 74 valence electrons. The van der Waals surface area contributed by atoms with E-state index in [0.29, 0.717) is 5.69 Å². The second-order valence-corrected chi connectivity index (χ2v) is 3.16. The first kappa shape index (κ1) is 8.93. The second kappa shape index (κ2) is 2.94. The van der Waals surface area contributed by atoms with Gasteiger partial charge in [0, 0.05) is 7.05 Å². The van der Waals surface area contributed by atoms with Crippen molar-refractivity contribution in [2.24, 2.45) is 0 Å². The molecule has 2 rings (SSSR count). The van der Waals surface area contributed by atoms with Gasteiger partial charge in [-0.05, 0) is 12.1 Å². The molecule has 1 heterocycles. The number of amides is 1. The summed E-state index contributed by atoms with van der Waals surface area (Å²) in [4.78, 5) is 12.4. The molecule has 0 aliphatic carbocycles. The Morgan fingerprint density at radius 2 is 2.14 bits per heavy atom. The van der Waals surface area contributed by atoms with Crippen molar-refractivity contribution in [3.63, 3.8) is 0 Å². The molecule has 14 heavy (non-hydrogen) atoms. The van der Waals surface area contributed by atoms with Gasteiger partial charge in [-0.2, -0.15) is 0 Å². The largest absolute Gasteiger partial charge is 0.361 e. The van der Waals surface area contributed by atoms with E-state index >= 15 is 0 Å². The minimum Gasteiger partial charge on any atom is -0.361 e. The van der Waals surface area contributed by atoms with Gasteiger partial charge in [-0.1, -0.05) is 0 Å². The molecule has 1 aliphatic heterocycles. The van der Waals surface area contributed by atoms with Gasteiger partial charge >= 0.3 is 0 Å². The molecule has 0 unspecified atom stereocenters. The maximum absolute atomic E-state index is 13.3. The van der Waals surface area contributed by atoms with E-state index in [2.05, 4.69) is 5.32 Å². The Hall–Kier alpha value is -1.65. The van der Waals surface area contributed by atoms with E-state index in [4.69, 9.17) is 0 Å². The second-order valence-electron chi connectivity index (χ2n) is 3.16. The van der Waals surface area contributed by atoms with Crippen LogP contribution in [-0.4, -0.2) is 19.5 Å². The molecular weight excluding hydrogens is 190 g/mol. The number of carbonyl (C=O) groups excluding carboxylic acids is 1. The number of likely N-dealkylation sites (N-methyl/N-ethyl adjacent to an activating group) is 1. The van der Waals surface area contributed by atoms with Crippen molar-refractivity contribution in [2.75, 3.05) is 23.8 Å². The molecule has 3 nitrogen and oxygen atoms in total. The standard InChI is InChI=1S/C9H8F2N2O/c1-13-4-7(14)12-6-3-2-5(10)8(11)9(6)13/h2-3H,4H2,1H3,(H,12,14). The van der Waals surface area contributed by atoms with E-state index in [1.807, 2.05) is 0 Å². The van der Waals surface area contributed by atoms with Crippen LogP contribution in [0.3, 0.4) is 0 Å². The van der Waals surface area contributed by atoms with E-state index in [0.717, 1.165) is 6.07 Å². The van der Waals surface area contributed by atoms with Gasteiger partial charge < -0.3 is 10.2 Å². The van der Waals surface area contributed by atoms with E-state index < -0.39 is 11.6 Å². The molecule has 0 fully saturated rings. The average molecular weight is 198 g/mol. The molecule has 0 saturated heterocycles. The summed E-state index contributed by atoms with van der Waals surface area (Å²) in [5, 5.41) is 2.47. The highest BCUT2D eigenvalue weighted by molar-refractivity contribution is 6.01. The van der Waals surface area contributed by atoms with Crippen LogP contribution in [0.2, 0.25) is 0 Å². The van der Waals surface area contributed by atoms with Gasteiger partial charge in [0.1, 0.15) is 5.69 Å². The summed E-state index contributed by atoms with van der Waals surface area (Å²) in [5.41, 5.74) is 0.409. The summed E-state index contributed by atoms with van der Waals surface area (Å²) >= 11 is 0. The first-order chi connectivity index (χ1) is 6.59. The van der Waals surface area contributed by atoms with E-state index in [-0.39, 0.29) is 18.1 Å². The number of hydrogen-bond donors (Lipinski definition) is 1. The molecular formula is C9H8F2N2O. The van der Waals surface area contributed by atoms with Crippen molar-refractivity contribution in [2.45, 2.75) is 0 Å². The Balaban J connectivity index is 2.59. The number of nitrogens with one attached hydrogen (secondary N) is 1. The van der Waals surface area contributed by atoms with Gasteiger partial charge in [-0.3, -0.25) is 4.79 Å². The quantitative estimate of drug-likeness (QED) is 0.682. The molecule has 0 spiro atoms. The topological polar surface area (TPSA) is 32.3 Å². The van der Waals surface area contributed by atoms with Gasteiger partial charge in [-0.15, -0.1) is 0 Å². The number of anilines is 2. The van der Waals surface area contributed by atoms with Crippen LogP contribution in [0.25, 0.3) is 0 Å². The normalized spacial score (nSPS) is 15.1. The molecule has 0 bridgehead atoms. The highest BCUT2D eigenvalue weighted by Crippen LogP contribution is 2.32. The van der Waals surface area contributed by atoms with Crippen LogP contribution in [0, 0.1) is 11.6 Å². The number of benzene rings is 1. The summed E-state index contributed by atoms with van der Waals surface area (Å²) in [6.07, 6.45) is 0. The monoisotopic (exact) mass is 198 g/mol. The number of carbonyl (C=O) groups is 1. The lowest BCUT2D eigenvalue weighted by Crippen LogP contribution is -2.36. The third-order valence-electron chi connectivity index (χ3n) is 2.11. The Labute approximate surface area is 79.3 Å². The van der Waals surface area contributed by atoms with Crippen molar-refractivity contribution in [1.82, 2.24) is 0 Å². The van der Waals surface area contributed by atoms with Gasteiger partial charge in [0.05, 0.1) is 12.2 Å². The van der Waals surface area contributed by atoms with Gasteiger partial charge in [0.15, 0.2) is 11.6 Å². The van der Waals surface area contributed by atoms with E-state index in [1.165, 1.54) is 11.0 Å². The van der Waals surface area contributed by atoms with Gasteiger partial charge in [0.2, 0.25) is 5.91 Å². The molecule has 5 heteroatoms. The van der Waals surface area contributed by atoms with Crippen molar-refractivity contribution >= 4 is 17.3 Å². The molecule has 0 aromatic heterocycles. The molecule has 1 aromatic carbocycles. The zero-order chi connectivity index (χ0) is 10.3. The highest BCUT2D eigenvalue weighted by Gasteiger charge is 2.24. The smallest absolute Gasteiger partial charge is 0.243 e. The Kier molecular flexibility index (Phi) is 1.87. The number of rotatable bonds is 0. The lowest BCUT2D eigenvalue weighted by Gasteiger charge is -2.27. The van der Waals surface area contributed by atoms with Crippen LogP contribution in [0.5, 0.6) is 0 Å². The minimum atomic E-state index is -0.926. The fourth-order valence-electron chi connectivity index (χ4n) is 1.50. The zero-order valence-electron chi connectivity index (χ0n) is 7.47. The minimum absolute atomic E-state index is 0.0351. The first-order valence-electron chi connectivity index (χ1n) is 4.08. The molecule has 1 N–H and O–H groups in total. The fraction of sp³-hybridized carbons (Fsp3) is 0.222. The zero-order valence-corrected chi connectivity index (χ0v) is 7.47. The maximum atomic E-state index is 13.3. The predicted molar refractivity (Wildman–Crippen MR) is 48.3 cm³/mol. The fourth-order valence-corrected chi connectivity index (χ4v) is 1.50. The summed E-state index contributed by atoms with van der Waals surface area (Å²) in [5.74, 6) is -2.07. The summed E-state index contributed by atoms with van der Waals surface area (Å²) < 4.78 is 26.2. The highest BCUT2D eigenvalue weighted by atomic mass is 19.2. The number of hydrogen-bond acceptors (Lipinski definition) is 2. The van der Waals surface area contributed by atoms with Crippen molar-refractivity contribution in [1.29, 1.82) is 0 Å². The van der Waals surface area contributed by atoms with Crippen LogP contribution in [0.15, 0.2) is 12.1 Å². The third-order valence-corrected chi connectivity index (χ3v) is 2.11. The third kappa shape index (κ3) is 1.21. The van der Waals surface area contributed by atoms with E-state index in [9.17, 15) is 13.6 Å². The van der Waals surface area contributed by atoms with Crippen LogP contribution in [0.1, 0.15) is 0 Å². The Bertz CT molecular complexity index is 406. The van der Waals surface area contributed by atoms with E-state index in [1.54, 1.807) is 7.05 Å². The lowest BCUT2D eigenvalue weighted by atomic mass is 10.2. The summed E-state index contributed by atoms with van der Waals surface area (Å²) in [6, 6.07) is 2.34. The number of fused-ring (bicyclic) bond motifs is 1. The van der Waals surface area contributed by atoms with Gasteiger partial charge in [0.25, 0.3) is 0 Å². The van der Waals surface area contributed by atoms with Crippen molar-refractivity contribution in [3.05, 3.63) is 23.8 Å². The lowest BCUT2D eigenvalue weighted by molar-refractivity contribution is -0.115. The summed E-state index contributed by atoms with van der Waals surface area (Å²) in [6.45, 7) is 0.0351. The molecule has 0 atom stereocenters. The maximum Gasteiger partial charge on any atom is 0.243 e. The SMILES string of the molecule is CN1CC(=O)Nc2ccc(F)c(F)c21. The molecule has 1 aliphatic rings. The van der Waals surface area contributed by atoms with Crippen LogP contribution >= 0.6 is 0 Å². The Morgan fingerprint density at radius 1 is 1.43 bits per heavy atom. The first-order valence-corrected chi connectivity index (χ1v) is 4.08. The van der Waals surface area contributed by atoms with Gasteiger partial charge in [-0.25, -0.2) is 8.78 Å². The van der Waals surface area contributed by atoms with Crippen LogP contribution in [0.4, 0.5) is 20.2 Å². The summed E-state index contributed by atoms with van der Waals surface area (Å²) in [7, 11) is 1.54. The van der Waals surface area contributed by atoms with Crippen LogP contribution < -0.4 is 10.2 Å². The van der Waals surface area contributed by atoms with Crippen molar-refractivity contribution in [3.8, 4) is 0 Å². The number of nitrogens with zero attached hydrogens (tertiary/aromatic N) is 1. The molecule has 0 saturated carbocycles. The average Bonchev–Trinajstić information content (AvgIpc) is 2.10. The molecule has 0 radical (unpaired) electrons. The molecule has 1 amide bonds. The van der Waals surface area contributed by atoms with Crippen LogP contribution in [-0.2, 0) is 4.79 Å². The van der Waals surface area contributed by atoms with Crippen molar-refractivity contribution < 1.29 is 13.6 Å². The Morgan fingerprint density at radius 3 is 2.86 bits per heavy atom. The predicted octanol–water partition coefficient (Wildman–Crippen LogP) is 1.35.